The van der Waals surface area contributed by atoms with E-state index in [9.17, 15) is 26.7 Å². The van der Waals surface area contributed by atoms with Crippen molar-refractivity contribution in [2.75, 3.05) is 24.5 Å². The van der Waals surface area contributed by atoms with Crippen LogP contribution >= 0.6 is 0 Å². The molecule has 1 aliphatic rings. The lowest BCUT2D eigenvalue weighted by Crippen LogP contribution is -2.54. The molecule has 1 saturated heterocycles. The Morgan fingerprint density at radius 2 is 2.10 bits per heavy atom. The fourth-order valence-electron chi connectivity index (χ4n) is 1.79. The minimum absolute atomic E-state index is 0.0936. The van der Waals surface area contributed by atoms with Gasteiger partial charge in [-0.15, -0.1) is 0 Å². The Bertz CT molecular complexity index is 516. The average molecular weight is 310 g/mol. The summed E-state index contributed by atoms with van der Waals surface area (Å²) in [5.41, 5.74) is -1.07. The molecule has 0 aliphatic carbocycles. The van der Waals surface area contributed by atoms with Crippen LogP contribution in [0, 0.1) is 5.92 Å². The number of hydrogen-bond acceptors (Lipinski definition) is 4. The molecule has 0 aromatic carbocycles. The molecule has 21 heavy (non-hydrogen) atoms. The van der Waals surface area contributed by atoms with Gasteiger partial charge in [-0.1, -0.05) is 0 Å². The summed E-state index contributed by atoms with van der Waals surface area (Å²) in [7, 11) is 0. The Balaban J connectivity index is 1.91. The molecular weight excluding hydrogens is 299 g/mol. The maximum atomic E-state index is 12.5. The van der Waals surface area contributed by atoms with E-state index in [-0.39, 0.29) is 19.0 Å². The van der Waals surface area contributed by atoms with Gasteiger partial charge in [0.05, 0.1) is 12.5 Å². The Morgan fingerprint density at radius 3 is 2.67 bits per heavy atom. The van der Waals surface area contributed by atoms with E-state index in [2.05, 4.69) is 15.3 Å². The molecule has 2 rings (SSSR count). The van der Waals surface area contributed by atoms with E-state index in [1.54, 1.807) is 0 Å². The molecule has 0 spiro atoms. The fraction of sp³-hybridized carbons (Fsp3) is 0.545. The quantitative estimate of drug-likeness (QED) is 0.852. The summed E-state index contributed by atoms with van der Waals surface area (Å²) >= 11 is 0. The van der Waals surface area contributed by atoms with Crippen LogP contribution in [0.4, 0.5) is 27.9 Å². The first kappa shape index (κ1) is 15.4. The van der Waals surface area contributed by atoms with Gasteiger partial charge in [-0.25, -0.2) is 18.7 Å². The van der Waals surface area contributed by atoms with Crippen molar-refractivity contribution in [3.8, 4) is 0 Å². The number of amides is 1. The van der Waals surface area contributed by atoms with Gasteiger partial charge in [0.15, 0.2) is 0 Å². The van der Waals surface area contributed by atoms with Crippen molar-refractivity contribution in [3.63, 3.8) is 0 Å². The molecule has 1 N–H and O–H groups in total. The van der Waals surface area contributed by atoms with Crippen LogP contribution < -0.4 is 10.2 Å². The summed E-state index contributed by atoms with van der Waals surface area (Å²) in [6.07, 6.45) is -6.23. The lowest BCUT2D eigenvalue weighted by atomic mass is 10.00. The first-order valence-electron chi connectivity index (χ1n) is 5.98. The van der Waals surface area contributed by atoms with E-state index < -0.39 is 36.7 Å². The lowest BCUT2D eigenvalue weighted by molar-refractivity contribution is -0.141. The second-order valence-electron chi connectivity index (χ2n) is 4.48. The largest absolute Gasteiger partial charge is 0.433 e. The fourth-order valence-corrected chi connectivity index (χ4v) is 1.79. The normalized spacial score (nSPS) is 16.0. The molecule has 0 atom stereocenters. The van der Waals surface area contributed by atoms with Crippen LogP contribution in [-0.4, -0.2) is 41.9 Å². The molecule has 0 bridgehead atoms. The number of hydrogen-bond donors (Lipinski definition) is 1. The molecule has 10 heteroatoms. The first-order chi connectivity index (χ1) is 9.77. The van der Waals surface area contributed by atoms with Crippen molar-refractivity contribution >= 4 is 11.9 Å². The summed E-state index contributed by atoms with van der Waals surface area (Å²) in [6, 6.07) is 0.746. The number of carbonyl (C=O) groups excluding carboxylic acids is 1. The Labute approximate surface area is 116 Å². The number of alkyl halides is 5. The van der Waals surface area contributed by atoms with E-state index >= 15 is 0 Å². The van der Waals surface area contributed by atoms with Gasteiger partial charge in [-0.2, -0.15) is 13.2 Å². The third kappa shape index (κ3) is 3.76. The van der Waals surface area contributed by atoms with Crippen molar-refractivity contribution < 1.29 is 26.7 Å². The third-order valence-corrected chi connectivity index (χ3v) is 2.90. The number of nitrogens with one attached hydrogen (secondary N) is 1. The minimum atomic E-state index is -4.57. The van der Waals surface area contributed by atoms with Crippen LogP contribution in [0.2, 0.25) is 0 Å². The summed E-state index contributed by atoms with van der Waals surface area (Å²) in [5.74, 6) is -1.25. The Kier molecular flexibility index (Phi) is 4.24. The molecule has 1 fully saturated rings. The number of rotatable bonds is 4. The van der Waals surface area contributed by atoms with Crippen molar-refractivity contribution in [2.24, 2.45) is 5.92 Å². The van der Waals surface area contributed by atoms with Crippen LogP contribution in [0.1, 0.15) is 5.69 Å². The maximum absolute atomic E-state index is 12.5. The van der Waals surface area contributed by atoms with E-state index in [1.165, 1.54) is 4.90 Å². The minimum Gasteiger partial charge on any atom is -0.350 e. The zero-order chi connectivity index (χ0) is 15.6. The zero-order valence-corrected chi connectivity index (χ0v) is 10.6. The molecule has 2 heterocycles. The maximum Gasteiger partial charge on any atom is 0.433 e. The van der Waals surface area contributed by atoms with Crippen molar-refractivity contribution in [2.45, 2.75) is 12.6 Å². The summed E-state index contributed by atoms with van der Waals surface area (Å²) in [4.78, 5) is 19.9. The van der Waals surface area contributed by atoms with Gasteiger partial charge in [0.2, 0.25) is 11.9 Å². The molecule has 116 valence electrons. The highest BCUT2D eigenvalue weighted by molar-refractivity contribution is 5.81. The SMILES string of the molecule is O=C(NCC(F)F)C1CN(c2nccc(C(F)(F)F)n2)C1. The van der Waals surface area contributed by atoms with Crippen LogP contribution in [0.25, 0.3) is 0 Å². The van der Waals surface area contributed by atoms with Crippen molar-refractivity contribution in [1.82, 2.24) is 15.3 Å². The van der Waals surface area contributed by atoms with E-state index in [0.717, 1.165) is 12.3 Å². The zero-order valence-electron chi connectivity index (χ0n) is 10.6. The average Bonchev–Trinajstić information content (AvgIpc) is 2.34. The highest BCUT2D eigenvalue weighted by atomic mass is 19.4. The second kappa shape index (κ2) is 5.78. The molecule has 1 aliphatic heterocycles. The predicted octanol–water partition coefficient (Wildman–Crippen LogP) is 1.31. The first-order valence-corrected chi connectivity index (χ1v) is 5.98. The van der Waals surface area contributed by atoms with Crippen LogP contribution in [0.5, 0.6) is 0 Å². The summed E-state index contributed by atoms with van der Waals surface area (Å²) < 4.78 is 61.3. The third-order valence-electron chi connectivity index (χ3n) is 2.90. The topological polar surface area (TPSA) is 58.1 Å². The van der Waals surface area contributed by atoms with Gasteiger partial charge in [0, 0.05) is 19.3 Å². The number of carbonyl (C=O) groups is 1. The van der Waals surface area contributed by atoms with Crippen LogP contribution in [0.3, 0.4) is 0 Å². The summed E-state index contributed by atoms with van der Waals surface area (Å²) in [6.45, 7) is -0.553. The Hall–Kier alpha value is -2.00. The highest BCUT2D eigenvalue weighted by Crippen LogP contribution is 2.29. The molecule has 1 amide bonds. The standard InChI is InChI=1S/C11H11F5N4O/c12-8(13)3-18-9(21)6-4-20(5-6)10-17-2-1-7(19-10)11(14,15)16/h1-2,6,8H,3-5H2,(H,18,21). The van der Waals surface area contributed by atoms with Crippen molar-refractivity contribution in [3.05, 3.63) is 18.0 Å². The van der Waals surface area contributed by atoms with Crippen LogP contribution in [0.15, 0.2) is 12.3 Å². The van der Waals surface area contributed by atoms with Gasteiger partial charge in [-0.05, 0) is 6.07 Å². The van der Waals surface area contributed by atoms with Gasteiger partial charge in [0.25, 0.3) is 6.43 Å². The Morgan fingerprint density at radius 1 is 1.43 bits per heavy atom. The molecule has 0 radical (unpaired) electrons. The number of halogens is 5. The van der Waals surface area contributed by atoms with E-state index in [1.807, 2.05) is 0 Å². The molecule has 5 nitrogen and oxygen atoms in total. The number of nitrogens with zero attached hydrogens (tertiary/aromatic N) is 3. The van der Waals surface area contributed by atoms with Gasteiger partial charge < -0.3 is 10.2 Å². The molecular formula is C11H11F5N4O. The second-order valence-corrected chi connectivity index (χ2v) is 4.48. The van der Waals surface area contributed by atoms with Crippen LogP contribution in [-0.2, 0) is 11.0 Å². The van der Waals surface area contributed by atoms with Gasteiger partial charge in [-0.3, -0.25) is 4.79 Å². The highest BCUT2D eigenvalue weighted by Gasteiger charge is 2.37. The molecule has 0 saturated carbocycles. The predicted molar refractivity (Wildman–Crippen MR) is 61.8 cm³/mol. The number of anilines is 1. The van der Waals surface area contributed by atoms with Gasteiger partial charge in [0.1, 0.15) is 5.69 Å². The monoisotopic (exact) mass is 310 g/mol. The molecule has 0 unspecified atom stereocenters. The van der Waals surface area contributed by atoms with Crippen molar-refractivity contribution in [1.29, 1.82) is 0 Å². The van der Waals surface area contributed by atoms with E-state index in [4.69, 9.17) is 0 Å². The van der Waals surface area contributed by atoms with E-state index in [0.29, 0.717) is 0 Å². The van der Waals surface area contributed by atoms with Gasteiger partial charge >= 0.3 is 6.18 Å². The molecule has 1 aromatic heterocycles. The molecule has 1 aromatic rings. The summed E-state index contributed by atoms with van der Waals surface area (Å²) in [5, 5.41) is 2.06. The number of aromatic nitrogens is 2. The smallest absolute Gasteiger partial charge is 0.350 e. The lowest BCUT2D eigenvalue weighted by Gasteiger charge is -2.38.